The Kier molecular flexibility index (Phi) is 9.99. The number of rotatable bonds is 8. The van der Waals surface area contributed by atoms with Gasteiger partial charge in [0.15, 0.2) is 17.5 Å². The predicted molar refractivity (Wildman–Crippen MR) is 134 cm³/mol. The highest BCUT2D eigenvalue weighted by molar-refractivity contribution is 14.0. The molecule has 0 aliphatic rings. The smallest absolute Gasteiger partial charge is 0.219 e. The van der Waals surface area contributed by atoms with E-state index in [1.54, 1.807) is 38.6 Å². The zero-order valence-corrected chi connectivity index (χ0v) is 20.4. The van der Waals surface area contributed by atoms with E-state index in [9.17, 15) is 4.39 Å². The second-order valence-corrected chi connectivity index (χ2v) is 6.45. The standard InChI is InChI=1S/C23H25FN4O3.HI/c1-4-25-23(28-18-7-10-20(29-2)21(14-18)30-3)27-15-16-11-12-26-22(13-16)31-19-8-5-17(24)6-9-19;/h5-14H,4,15H2,1-3H3,(H2,25,27,28);1H. The Morgan fingerprint density at radius 1 is 1.00 bits per heavy atom. The third kappa shape index (κ3) is 7.26. The van der Waals surface area contributed by atoms with E-state index in [2.05, 4.69) is 20.6 Å². The number of ether oxygens (including phenoxy) is 3. The first-order valence-corrected chi connectivity index (χ1v) is 9.77. The zero-order valence-electron chi connectivity index (χ0n) is 18.1. The van der Waals surface area contributed by atoms with E-state index in [-0.39, 0.29) is 29.8 Å². The molecule has 1 heterocycles. The highest BCUT2D eigenvalue weighted by atomic mass is 127. The lowest BCUT2D eigenvalue weighted by Gasteiger charge is -2.14. The first kappa shape index (κ1) is 25.2. The van der Waals surface area contributed by atoms with E-state index in [0.717, 1.165) is 11.3 Å². The molecule has 2 aromatic carbocycles. The van der Waals surface area contributed by atoms with Crippen molar-refractivity contribution in [3.05, 3.63) is 72.2 Å². The second-order valence-electron chi connectivity index (χ2n) is 6.45. The van der Waals surface area contributed by atoms with Crippen LogP contribution in [0.3, 0.4) is 0 Å². The minimum atomic E-state index is -0.318. The first-order valence-electron chi connectivity index (χ1n) is 9.77. The molecule has 170 valence electrons. The summed E-state index contributed by atoms with van der Waals surface area (Å²) in [7, 11) is 3.19. The van der Waals surface area contributed by atoms with E-state index < -0.39 is 0 Å². The molecule has 0 bridgehead atoms. The maximum absolute atomic E-state index is 13.1. The topological polar surface area (TPSA) is 77.0 Å². The average Bonchev–Trinajstić information content (AvgIpc) is 2.79. The molecule has 32 heavy (non-hydrogen) atoms. The Morgan fingerprint density at radius 3 is 2.44 bits per heavy atom. The van der Waals surface area contributed by atoms with Crippen LogP contribution in [0.4, 0.5) is 10.1 Å². The maximum atomic E-state index is 13.1. The van der Waals surface area contributed by atoms with Gasteiger partial charge in [0.05, 0.1) is 20.8 Å². The molecule has 1 aromatic heterocycles. The van der Waals surface area contributed by atoms with Gasteiger partial charge in [0, 0.05) is 30.6 Å². The minimum Gasteiger partial charge on any atom is -0.493 e. The SMILES string of the molecule is CCNC(=NCc1ccnc(Oc2ccc(F)cc2)c1)Nc1ccc(OC)c(OC)c1.I. The van der Waals surface area contributed by atoms with Gasteiger partial charge in [0.2, 0.25) is 5.88 Å². The van der Waals surface area contributed by atoms with Gasteiger partial charge >= 0.3 is 0 Å². The number of methoxy groups -OCH3 is 2. The lowest BCUT2D eigenvalue weighted by molar-refractivity contribution is 0.355. The normalized spacial score (nSPS) is 10.7. The van der Waals surface area contributed by atoms with Gasteiger partial charge in [-0.1, -0.05) is 0 Å². The Balaban J connectivity index is 0.00000363. The summed E-state index contributed by atoms with van der Waals surface area (Å²) in [6.45, 7) is 3.10. The van der Waals surface area contributed by atoms with E-state index in [1.165, 1.54) is 12.1 Å². The van der Waals surface area contributed by atoms with Crippen molar-refractivity contribution in [2.75, 3.05) is 26.1 Å². The Hall–Kier alpha value is -3.08. The van der Waals surface area contributed by atoms with Crippen LogP contribution < -0.4 is 24.8 Å². The molecule has 0 fully saturated rings. The molecular weight excluding hydrogens is 526 g/mol. The monoisotopic (exact) mass is 552 g/mol. The van der Waals surface area contributed by atoms with Gasteiger partial charge in [0.1, 0.15) is 11.6 Å². The van der Waals surface area contributed by atoms with Crippen molar-refractivity contribution in [2.45, 2.75) is 13.5 Å². The van der Waals surface area contributed by atoms with Gasteiger partial charge in [-0.25, -0.2) is 14.4 Å². The van der Waals surface area contributed by atoms with Gasteiger partial charge in [-0.15, -0.1) is 24.0 Å². The molecule has 0 saturated carbocycles. The third-order valence-electron chi connectivity index (χ3n) is 4.25. The summed E-state index contributed by atoms with van der Waals surface area (Å²) in [6.07, 6.45) is 1.65. The summed E-state index contributed by atoms with van der Waals surface area (Å²) < 4.78 is 29.4. The Morgan fingerprint density at radius 2 is 1.75 bits per heavy atom. The number of benzene rings is 2. The van der Waals surface area contributed by atoms with Gasteiger partial charge < -0.3 is 24.8 Å². The van der Waals surface area contributed by atoms with Crippen LogP contribution >= 0.6 is 24.0 Å². The molecule has 7 nitrogen and oxygen atoms in total. The van der Waals surface area contributed by atoms with Crippen LogP contribution in [-0.2, 0) is 6.54 Å². The molecule has 0 amide bonds. The van der Waals surface area contributed by atoms with Gasteiger partial charge in [-0.2, -0.15) is 0 Å². The molecule has 0 spiro atoms. The third-order valence-corrected chi connectivity index (χ3v) is 4.25. The second kappa shape index (κ2) is 12.7. The predicted octanol–water partition coefficient (Wildman–Crippen LogP) is 5.23. The quantitative estimate of drug-likeness (QED) is 0.227. The lowest BCUT2D eigenvalue weighted by atomic mass is 10.2. The van der Waals surface area contributed by atoms with Crippen molar-refractivity contribution >= 4 is 35.6 Å². The van der Waals surface area contributed by atoms with Crippen molar-refractivity contribution in [1.29, 1.82) is 0 Å². The molecule has 0 saturated heterocycles. The van der Waals surface area contributed by atoms with Crippen LogP contribution in [0, 0.1) is 5.82 Å². The summed E-state index contributed by atoms with van der Waals surface area (Å²) in [4.78, 5) is 8.83. The van der Waals surface area contributed by atoms with E-state index in [1.807, 2.05) is 31.2 Å². The molecular formula is C23H26FIN4O3. The van der Waals surface area contributed by atoms with Crippen molar-refractivity contribution in [3.8, 4) is 23.1 Å². The number of hydrogen-bond acceptors (Lipinski definition) is 5. The highest BCUT2D eigenvalue weighted by Crippen LogP contribution is 2.29. The first-order chi connectivity index (χ1) is 15.1. The molecule has 0 radical (unpaired) electrons. The molecule has 3 aromatic rings. The number of anilines is 1. The summed E-state index contributed by atoms with van der Waals surface area (Å²) >= 11 is 0. The molecule has 9 heteroatoms. The van der Waals surface area contributed by atoms with Crippen molar-refractivity contribution < 1.29 is 18.6 Å². The Labute approximate surface area is 204 Å². The fourth-order valence-corrected chi connectivity index (χ4v) is 2.76. The van der Waals surface area contributed by atoms with Gasteiger partial charge in [-0.05, 0) is 55.0 Å². The van der Waals surface area contributed by atoms with Crippen molar-refractivity contribution in [3.63, 3.8) is 0 Å². The molecule has 0 aliphatic heterocycles. The number of halogens is 2. The largest absolute Gasteiger partial charge is 0.493 e. The lowest BCUT2D eigenvalue weighted by Crippen LogP contribution is -2.30. The average molecular weight is 552 g/mol. The fourth-order valence-electron chi connectivity index (χ4n) is 2.76. The van der Waals surface area contributed by atoms with Gasteiger partial charge in [0.25, 0.3) is 0 Å². The van der Waals surface area contributed by atoms with Crippen LogP contribution in [-0.4, -0.2) is 31.7 Å². The van der Waals surface area contributed by atoms with Crippen molar-refractivity contribution in [1.82, 2.24) is 10.3 Å². The summed E-state index contributed by atoms with van der Waals surface area (Å²) in [5.74, 6) is 2.50. The number of aliphatic imine (C=N–C) groups is 1. The molecule has 3 rings (SSSR count). The van der Waals surface area contributed by atoms with Crippen LogP contribution in [0.5, 0.6) is 23.1 Å². The van der Waals surface area contributed by atoms with E-state index >= 15 is 0 Å². The summed E-state index contributed by atoms with van der Waals surface area (Å²) in [5.41, 5.74) is 1.73. The van der Waals surface area contributed by atoms with Crippen LogP contribution in [0.25, 0.3) is 0 Å². The van der Waals surface area contributed by atoms with Crippen LogP contribution in [0.1, 0.15) is 12.5 Å². The molecule has 2 N–H and O–H groups in total. The van der Waals surface area contributed by atoms with E-state index in [4.69, 9.17) is 14.2 Å². The maximum Gasteiger partial charge on any atom is 0.219 e. The number of aromatic nitrogens is 1. The van der Waals surface area contributed by atoms with E-state index in [0.29, 0.717) is 42.2 Å². The van der Waals surface area contributed by atoms with Crippen LogP contribution in [0.2, 0.25) is 0 Å². The summed E-state index contributed by atoms with van der Waals surface area (Å²) in [6, 6.07) is 15.0. The highest BCUT2D eigenvalue weighted by Gasteiger charge is 2.07. The number of guanidine groups is 1. The number of nitrogens with one attached hydrogen (secondary N) is 2. The minimum absolute atomic E-state index is 0. The molecule has 0 unspecified atom stereocenters. The zero-order chi connectivity index (χ0) is 22.1. The fraction of sp³-hybridized carbons (Fsp3) is 0.217. The van der Waals surface area contributed by atoms with Crippen LogP contribution in [0.15, 0.2) is 65.8 Å². The van der Waals surface area contributed by atoms with Crippen molar-refractivity contribution in [2.24, 2.45) is 4.99 Å². The number of hydrogen-bond donors (Lipinski definition) is 2. The number of pyridine rings is 1. The molecule has 0 atom stereocenters. The molecule has 0 aliphatic carbocycles. The Bertz CT molecular complexity index is 1030. The van der Waals surface area contributed by atoms with Gasteiger partial charge in [-0.3, -0.25) is 0 Å². The number of nitrogens with zero attached hydrogens (tertiary/aromatic N) is 2. The summed E-state index contributed by atoms with van der Waals surface area (Å²) in [5, 5.41) is 6.47.